The van der Waals surface area contributed by atoms with Gasteiger partial charge in [-0.2, -0.15) is 5.10 Å². The van der Waals surface area contributed by atoms with Gasteiger partial charge in [0, 0.05) is 29.4 Å². The number of aryl methyl sites for hydroxylation is 3. The molecule has 0 saturated heterocycles. The largest absolute Gasteiger partial charge is 0.316 e. The highest BCUT2D eigenvalue weighted by molar-refractivity contribution is 6.30. The summed E-state index contributed by atoms with van der Waals surface area (Å²) in [7, 11) is 1.70. The highest BCUT2D eigenvalue weighted by atomic mass is 35.5. The topological polar surface area (TPSA) is 60.1 Å². The number of amides is 1. The molecule has 30 heavy (non-hydrogen) atoms. The zero-order chi connectivity index (χ0) is 21.2. The second kappa shape index (κ2) is 6.57. The molecule has 0 fully saturated rings. The zero-order valence-electron chi connectivity index (χ0n) is 16.8. The number of allylic oxidation sites excluding steroid dienone is 4. The SMILES string of the molecule is Cc1nn(C2=CC=C2)c2c1C(c1ccc(Cl)cc1)N(c1cc(C)c(=O)n(C)c1)C2=O. The van der Waals surface area contributed by atoms with Gasteiger partial charge < -0.3 is 4.57 Å². The number of carbonyl (C=O) groups is 1. The number of pyridine rings is 1. The van der Waals surface area contributed by atoms with Gasteiger partial charge in [0.05, 0.1) is 23.1 Å². The molecule has 1 aromatic carbocycles. The van der Waals surface area contributed by atoms with Gasteiger partial charge in [0.2, 0.25) is 0 Å². The van der Waals surface area contributed by atoms with Crippen LogP contribution in [-0.4, -0.2) is 20.3 Å². The summed E-state index contributed by atoms with van der Waals surface area (Å²) >= 11 is 6.11. The number of hydrogen-bond acceptors (Lipinski definition) is 3. The van der Waals surface area contributed by atoms with Gasteiger partial charge in [-0.15, -0.1) is 0 Å². The Hall–Kier alpha value is -3.38. The lowest BCUT2D eigenvalue weighted by atomic mass is 9.99. The maximum absolute atomic E-state index is 13.7. The summed E-state index contributed by atoms with van der Waals surface area (Å²) in [6.07, 6.45) is 7.48. The van der Waals surface area contributed by atoms with Crippen LogP contribution in [0.1, 0.15) is 38.9 Å². The van der Waals surface area contributed by atoms with Crippen molar-refractivity contribution in [1.82, 2.24) is 14.3 Å². The molecular formula is C23H19ClN4O2. The lowest BCUT2D eigenvalue weighted by Crippen LogP contribution is -2.32. The van der Waals surface area contributed by atoms with Gasteiger partial charge in [-0.1, -0.05) is 29.8 Å². The van der Waals surface area contributed by atoms with Gasteiger partial charge in [0.1, 0.15) is 5.69 Å². The van der Waals surface area contributed by atoms with Crippen molar-refractivity contribution >= 4 is 28.9 Å². The molecule has 0 radical (unpaired) electrons. The molecule has 1 aliphatic carbocycles. The van der Waals surface area contributed by atoms with E-state index in [4.69, 9.17) is 11.6 Å². The molecule has 0 bridgehead atoms. The number of benzene rings is 1. The first-order valence-electron chi connectivity index (χ1n) is 9.61. The van der Waals surface area contributed by atoms with Crippen LogP contribution in [0.3, 0.4) is 0 Å². The Kier molecular flexibility index (Phi) is 4.08. The van der Waals surface area contributed by atoms with Crippen LogP contribution in [0.4, 0.5) is 5.69 Å². The van der Waals surface area contributed by atoms with Crippen molar-refractivity contribution in [3.63, 3.8) is 0 Å². The summed E-state index contributed by atoms with van der Waals surface area (Å²) in [5.41, 5.74) is 5.18. The fourth-order valence-corrected chi connectivity index (χ4v) is 4.28. The molecule has 150 valence electrons. The van der Waals surface area contributed by atoms with E-state index in [2.05, 4.69) is 5.10 Å². The van der Waals surface area contributed by atoms with E-state index in [9.17, 15) is 9.59 Å². The van der Waals surface area contributed by atoms with Crippen molar-refractivity contribution in [2.45, 2.75) is 19.9 Å². The Morgan fingerprint density at radius 3 is 2.40 bits per heavy atom. The average Bonchev–Trinajstić information content (AvgIpc) is 3.15. The molecule has 0 spiro atoms. The zero-order valence-corrected chi connectivity index (χ0v) is 17.5. The third-order valence-electron chi connectivity index (χ3n) is 5.65. The van der Waals surface area contributed by atoms with Crippen molar-refractivity contribution in [1.29, 1.82) is 0 Å². The second-order valence-corrected chi connectivity index (χ2v) is 8.07. The molecule has 1 amide bonds. The van der Waals surface area contributed by atoms with E-state index in [1.54, 1.807) is 35.8 Å². The van der Waals surface area contributed by atoms with Crippen LogP contribution >= 0.6 is 11.6 Å². The number of anilines is 1. The predicted molar refractivity (Wildman–Crippen MR) is 117 cm³/mol. The van der Waals surface area contributed by atoms with Gasteiger partial charge in [0.25, 0.3) is 11.5 Å². The normalized spacial score (nSPS) is 17.2. The number of rotatable bonds is 3. The molecule has 7 heteroatoms. The molecule has 0 N–H and O–H groups in total. The van der Waals surface area contributed by atoms with E-state index < -0.39 is 0 Å². The highest BCUT2D eigenvalue weighted by Crippen LogP contribution is 2.44. The summed E-state index contributed by atoms with van der Waals surface area (Å²) in [5.74, 6) is -0.148. The van der Waals surface area contributed by atoms with Crippen molar-refractivity contribution in [3.8, 4) is 0 Å². The van der Waals surface area contributed by atoms with Crippen molar-refractivity contribution < 1.29 is 4.79 Å². The summed E-state index contributed by atoms with van der Waals surface area (Å²) in [5, 5.41) is 5.27. The van der Waals surface area contributed by atoms with Gasteiger partial charge in [-0.25, -0.2) is 4.68 Å². The number of nitrogens with zero attached hydrogens (tertiary/aromatic N) is 4. The Labute approximate surface area is 178 Å². The number of carbonyl (C=O) groups excluding carboxylic acids is 1. The maximum Gasteiger partial charge on any atom is 0.278 e. The van der Waals surface area contributed by atoms with E-state index >= 15 is 0 Å². The van der Waals surface area contributed by atoms with Gasteiger partial charge in [-0.05, 0) is 49.8 Å². The van der Waals surface area contributed by atoms with Crippen molar-refractivity contribution in [3.05, 3.63) is 98.2 Å². The maximum atomic E-state index is 13.7. The monoisotopic (exact) mass is 418 g/mol. The lowest BCUT2D eigenvalue weighted by Gasteiger charge is -2.27. The second-order valence-electron chi connectivity index (χ2n) is 7.64. The van der Waals surface area contributed by atoms with Crippen LogP contribution in [0.2, 0.25) is 5.02 Å². The number of hydrogen-bond donors (Lipinski definition) is 0. The summed E-state index contributed by atoms with van der Waals surface area (Å²) in [4.78, 5) is 27.7. The summed E-state index contributed by atoms with van der Waals surface area (Å²) < 4.78 is 3.22. The van der Waals surface area contributed by atoms with E-state index in [1.807, 2.05) is 49.4 Å². The molecule has 3 heterocycles. The first-order valence-corrected chi connectivity index (χ1v) is 9.99. The number of halogens is 1. The molecule has 6 nitrogen and oxygen atoms in total. The van der Waals surface area contributed by atoms with Crippen LogP contribution in [0, 0.1) is 13.8 Å². The van der Waals surface area contributed by atoms with E-state index in [1.165, 1.54) is 4.57 Å². The lowest BCUT2D eigenvalue weighted by molar-refractivity contribution is 0.0986. The number of aromatic nitrogens is 3. The molecular weight excluding hydrogens is 400 g/mol. The van der Waals surface area contributed by atoms with E-state index in [0.717, 1.165) is 22.5 Å². The van der Waals surface area contributed by atoms with Crippen LogP contribution in [0.5, 0.6) is 0 Å². The smallest absolute Gasteiger partial charge is 0.278 e. The minimum absolute atomic E-state index is 0.0851. The molecule has 2 aliphatic rings. The van der Waals surface area contributed by atoms with Crippen LogP contribution in [0.15, 0.2) is 59.6 Å². The third-order valence-corrected chi connectivity index (χ3v) is 5.90. The molecule has 2 aromatic heterocycles. The minimum Gasteiger partial charge on any atom is -0.316 e. The Morgan fingerprint density at radius 2 is 1.80 bits per heavy atom. The summed E-state index contributed by atoms with van der Waals surface area (Å²) in [6.45, 7) is 3.68. The predicted octanol–water partition coefficient (Wildman–Crippen LogP) is 4.01. The van der Waals surface area contributed by atoms with Gasteiger partial charge in [0.15, 0.2) is 0 Å². The Morgan fingerprint density at radius 1 is 1.10 bits per heavy atom. The summed E-state index contributed by atoms with van der Waals surface area (Å²) in [6, 6.07) is 8.90. The average molecular weight is 419 g/mol. The molecule has 3 aromatic rings. The number of fused-ring (bicyclic) bond motifs is 1. The van der Waals surface area contributed by atoms with Gasteiger partial charge >= 0.3 is 0 Å². The van der Waals surface area contributed by atoms with Crippen molar-refractivity contribution in [2.24, 2.45) is 7.05 Å². The molecule has 5 rings (SSSR count). The highest BCUT2D eigenvalue weighted by Gasteiger charge is 2.44. The molecule has 1 atom stereocenters. The van der Waals surface area contributed by atoms with Gasteiger partial charge in [-0.3, -0.25) is 14.5 Å². The van der Waals surface area contributed by atoms with Crippen LogP contribution in [-0.2, 0) is 7.05 Å². The molecule has 0 saturated carbocycles. The first kappa shape index (κ1) is 18.6. The first-order chi connectivity index (χ1) is 14.4. The fraction of sp³-hybridized carbons (Fsp3) is 0.174. The van der Waals surface area contributed by atoms with Crippen LogP contribution < -0.4 is 10.5 Å². The fourth-order valence-electron chi connectivity index (χ4n) is 4.16. The van der Waals surface area contributed by atoms with E-state index in [0.29, 0.717) is 22.0 Å². The molecule has 1 aliphatic heterocycles. The standard InChI is InChI=1S/C23H19ClN4O2/c1-13-11-18(12-26(3)22(13)29)27-20(15-7-9-16(24)10-8-15)19-14(2)25-28(17-5-4-6-17)21(19)23(27)30/h4-12,20H,1-3H3. The third kappa shape index (κ3) is 2.60. The van der Waals surface area contributed by atoms with Crippen molar-refractivity contribution in [2.75, 3.05) is 4.90 Å². The van der Waals surface area contributed by atoms with E-state index in [-0.39, 0.29) is 17.5 Å². The quantitative estimate of drug-likeness (QED) is 0.645. The minimum atomic E-state index is -0.361. The Balaban J connectivity index is 1.76. The Bertz CT molecular complexity index is 1300. The van der Waals surface area contributed by atoms with Crippen LogP contribution in [0.25, 0.3) is 5.70 Å². The molecule has 1 unspecified atom stereocenters.